The van der Waals surface area contributed by atoms with Gasteiger partial charge < -0.3 is 10.0 Å². The summed E-state index contributed by atoms with van der Waals surface area (Å²) in [6, 6.07) is 9.10. The monoisotopic (exact) mass is 276 g/mol. The summed E-state index contributed by atoms with van der Waals surface area (Å²) >= 11 is 1.31. The first kappa shape index (κ1) is 13.4. The van der Waals surface area contributed by atoms with Crippen molar-refractivity contribution in [3.05, 3.63) is 29.8 Å². The summed E-state index contributed by atoms with van der Waals surface area (Å²) in [6.07, 6.45) is 0. The Morgan fingerprint density at radius 2 is 2.11 bits per heavy atom. The van der Waals surface area contributed by atoms with Crippen molar-refractivity contribution in [1.82, 2.24) is 4.90 Å². The highest BCUT2D eigenvalue weighted by molar-refractivity contribution is 7.99. The molecule has 0 unspecified atom stereocenters. The number of likely N-dealkylation sites (tertiary alicyclic amines) is 1. The zero-order chi connectivity index (χ0) is 13.8. The number of nitriles is 1. The second kappa shape index (κ2) is 5.76. The van der Waals surface area contributed by atoms with Gasteiger partial charge in [-0.05, 0) is 12.1 Å². The number of carboxylic acids is 1. The maximum absolute atomic E-state index is 12.2. The number of carboxylic acid groups (broad SMARTS) is 1. The molecule has 1 N–H and O–H groups in total. The van der Waals surface area contributed by atoms with Gasteiger partial charge in [0, 0.05) is 18.0 Å². The van der Waals surface area contributed by atoms with Crippen LogP contribution in [0.4, 0.5) is 0 Å². The van der Waals surface area contributed by atoms with Gasteiger partial charge in [-0.1, -0.05) is 12.1 Å². The third-order valence-corrected chi connectivity index (χ3v) is 3.87. The third-order valence-electron chi connectivity index (χ3n) is 2.93. The number of thioether (sulfide) groups is 1. The van der Waals surface area contributed by atoms with E-state index < -0.39 is 11.9 Å². The minimum Gasteiger partial charge on any atom is -0.481 e. The maximum Gasteiger partial charge on any atom is 0.310 e. The van der Waals surface area contributed by atoms with Gasteiger partial charge in [0.1, 0.15) is 0 Å². The molecule has 1 amide bonds. The van der Waals surface area contributed by atoms with Crippen molar-refractivity contribution in [2.24, 2.45) is 5.92 Å². The molecule has 5 nitrogen and oxygen atoms in total. The molecule has 0 aliphatic carbocycles. The number of amides is 1. The number of aliphatic carboxylic acids is 1. The largest absolute Gasteiger partial charge is 0.481 e. The lowest BCUT2D eigenvalue weighted by Crippen LogP contribution is -2.53. The molecular formula is C13H12N2O3S. The van der Waals surface area contributed by atoms with Gasteiger partial charge in [-0.3, -0.25) is 9.59 Å². The minimum atomic E-state index is -0.865. The van der Waals surface area contributed by atoms with Crippen LogP contribution in [-0.4, -0.2) is 40.7 Å². The Hall–Kier alpha value is -2.00. The van der Waals surface area contributed by atoms with Gasteiger partial charge in [-0.2, -0.15) is 5.26 Å². The number of hydrogen-bond donors (Lipinski definition) is 1. The van der Waals surface area contributed by atoms with E-state index in [1.807, 2.05) is 12.1 Å². The van der Waals surface area contributed by atoms with Gasteiger partial charge in [-0.25, -0.2) is 0 Å². The van der Waals surface area contributed by atoms with Gasteiger partial charge in [0.25, 0.3) is 5.91 Å². The van der Waals surface area contributed by atoms with Gasteiger partial charge >= 0.3 is 5.97 Å². The van der Waals surface area contributed by atoms with Crippen molar-refractivity contribution >= 4 is 23.6 Å². The Kier molecular flexibility index (Phi) is 4.07. The summed E-state index contributed by atoms with van der Waals surface area (Å²) in [5, 5.41) is 17.4. The number of carbonyl (C=O) groups is 2. The first-order valence-electron chi connectivity index (χ1n) is 5.74. The van der Waals surface area contributed by atoms with Crippen molar-refractivity contribution in [3.8, 4) is 6.07 Å². The van der Waals surface area contributed by atoms with E-state index in [1.165, 1.54) is 16.7 Å². The lowest BCUT2D eigenvalue weighted by molar-refractivity contribution is -0.146. The highest BCUT2D eigenvalue weighted by Crippen LogP contribution is 2.26. The molecule has 1 saturated heterocycles. The molecule has 1 aromatic rings. The average Bonchev–Trinajstić information content (AvgIpc) is 2.34. The van der Waals surface area contributed by atoms with Crippen LogP contribution in [0.1, 0.15) is 10.4 Å². The molecule has 0 atom stereocenters. The van der Waals surface area contributed by atoms with Crippen molar-refractivity contribution < 1.29 is 14.7 Å². The molecule has 0 aromatic heterocycles. The molecule has 0 spiro atoms. The van der Waals surface area contributed by atoms with Crippen LogP contribution in [0.2, 0.25) is 0 Å². The molecule has 19 heavy (non-hydrogen) atoms. The Balaban J connectivity index is 2.08. The zero-order valence-corrected chi connectivity index (χ0v) is 10.9. The van der Waals surface area contributed by atoms with Gasteiger partial charge in [0.2, 0.25) is 0 Å². The van der Waals surface area contributed by atoms with E-state index in [0.29, 0.717) is 5.56 Å². The number of nitrogens with zero attached hydrogens (tertiary/aromatic N) is 2. The molecule has 0 saturated carbocycles. The highest BCUT2D eigenvalue weighted by atomic mass is 32.2. The average molecular weight is 276 g/mol. The van der Waals surface area contributed by atoms with Crippen LogP contribution in [-0.2, 0) is 4.79 Å². The maximum atomic E-state index is 12.2. The Morgan fingerprint density at radius 3 is 2.74 bits per heavy atom. The summed E-state index contributed by atoms with van der Waals surface area (Å²) < 4.78 is 0. The Labute approximate surface area is 114 Å². The molecule has 2 rings (SSSR count). The highest BCUT2D eigenvalue weighted by Gasteiger charge is 2.36. The molecule has 1 fully saturated rings. The number of hydrogen-bond acceptors (Lipinski definition) is 4. The first-order valence-corrected chi connectivity index (χ1v) is 6.73. The van der Waals surface area contributed by atoms with Crippen LogP contribution in [0.25, 0.3) is 0 Å². The van der Waals surface area contributed by atoms with Crippen LogP contribution in [0.15, 0.2) is 29.2 Å². The molecule has 1 aliphatic heterocycles. The van der Waals surface area contributed by atoms with E-state index in [0.717, 1.165) is 4.90 Å². The van der Waals surface area contributed by atoms with Crippen molar-refractivity contribution in [1.29, 1.82) is 5.26 Å². The Bertz CT molecular complexity index is 547. The molecular weight excluding hydrogens is 264 g/mol. The lowest BCUT2D eigenvalue weighted by atomic mass is 9.99. The van der Waals surface area contributed by atoms with E-state index in [1.54, 1.807) is 18.2 Å². The van der Waals surface area contributed by atoms with Crippen molar-refractivity contribution in [2.75, 3.05) is 18.8 Å². The summed E-state index contributed by atoms with van der Waals surface area (Å²) in [4.78, 5) is 25.2. The number of benzene rings is 1. The van der Waals surface area contributed by atoms with Gasteiger partial charge in [0.15, 0.2) is 0 Å². The Morgan fingerprint density at radius 1 is 1.42 bits per heavy atom. The zero-order valence-electron chi connectivity index (χ0n) is 10.1. The van der Waals surface area contributed by atoms with Gasteiger partial charge in [0.05, 0.1) is 23.3 Å². The third kappa shape index (κ3) is 2.88. The van der Waals surface area contributed by atoms with Crippen molar-refractivity contribution in [3.63, 3.8) is 0 Å². The van der Waals surface area contributed by atoms with Crippen LogP contribution >= 0.6 is 11.8 Å². The summed E-state index contributed by atoms with van der Waals surface area (Å²) in [6.45, 7) is 0.511. The SMILES string of the molecule is N#CCSc1ccccc1C(=O)N1CC(C(=O)O)C1. The van der Waals surface area contributed by atoms with E-state index in [9.17, 15) is 9.59 Å². The van der Waals surface area contributed by atoms with E-state index in [2.05, 4.69) is 0 Å². The fourth-order valence-electron chi connectivity index (χ4n) is 1.85. The smallest absolute Gasteiger partial charge is 0.310 e. The molecule has 0 radical (unpaired) electrons. The topological polar surface area (TPSA) is 81.4 Å². The standard InChI is InChI=1S/C13H12N2O3S/c14-5-6-19-11-4-2-1-3-10(11)12(16)15-7-9(8-15)13(17)18/h1-4,9H,6-8H2,(H,17,18). The lowest BCUT2D eigenvalue weighted by Gasteiger charge is -2.36. The predicted molar refractivity (Wildman–Crippen MR) is 69.8 cm³/mol. The molecule has 98 valence electrons. The fraction of sp³-hybridized carbons (Fsp3) is 0.308. The molecule has 1 heterocycles. The summed E-state index contributed by atoms with van der Waals surface area (Å²) in [5.74, 6) is -1.21. The fourth-order valence-corrected chi connectivity index (χ4v) is 2.56. The minimum absolute atomic E-state index is 0.168. The van der Waals surface area contributed by atoms with Crippen molar-refractivity contribution in [2.45, 2.75) is 4.90 Å². The van der Waals surface area contributed by atoms with Gasteiger partial charge in [-0.15, -0.1) is 11.8 Å². The predicted octanol–water partition coefficient (Wildman–Crippen LogP) is 1.46. The molecule has 6 heteroatoms. The van der Waals surface area contributed by atoms with Crippen LogP contribution in [0, 0.1) is 17.2 Å². The second-order valence-electron chi connectivity index (χ2n) is 4.19. The second-order valence-corrected chi connectivity index (χ2v) is 5.21. The quantitative estimate of drug-likeness (QED) is 0.842. The van der Waals surface area contributed by atoms with E-state index in [-0.39, 0.29) is 24.7 Å². The van der Waals surface area contributed by atoms with E-state index in [4.69, 9.17) is 10.4 Å². The normalized spacial score (nSPS) is 14.6. The van der Waals surface area contributed by atoms with Crippen LogP contribution in [0.3, 0.4) is 0 Å². The molecule has 1 aliphatic rings. The summed E-state index contributed by atoms with van der Waals surface area (Å²) in [5.41, 5.74) is 0.534. The van der Waals surface area contributed by atoms with Crippen LogP contribution in [0.5, 0.6) is 0 Å². The molecule has 1 aromatic carbocycles. The number of carbonyl (C=O) groups excluding carboxylic acids is 1. The van der Waals surface area contributed by atoms with Crippen LogP contribution < -0.4 is 0 Å². The first-order chi connectivity index (χ1) is 9.13. The molecule has 0 bridgehead atoms. The van der Waals surface area contributed by atoms with E-state index >= 15 is 0 Å². The number of rotatable bonds is 4. The summed E-state index contributed by atoms with van der Waals surface area (Å²) in [7, 11) is 0.